The van der Waals surface area contributed by atoms with Gasteiger partial charge in [-0.3, -0.25) is 4.79 Å². The van der Waals surface area contributed by atoms with Crippen molar-refractivity contribution in [3.05, 3.63) is 71.9 Å². The highest BCUT2D eigenvalue weighted by Crippen LogP contribution is 2.17. The van der Waals surface area contributed by atoms with Gasteiger partial charge in [0.2, 0.25) is 0 Å². The van der Waals surface area contributed by atoms with Crippen LogP contribution in [0.2, 0.25) is 0 Å². The zero-order valence-electron chi connectivity index (χ0n) is 17.9. The van der Waals surface area contributed by atoms with Crippen LogP contribution in [0.3, 0.4) is 0 Å². The van der Waals surface area contributed by atoms with E-state index in [-0.39, 0.29) is 11.9 Å². The standard InChI is InChI=1S/C24H26N4O4/c1-32-23(30)21(15-17-7-3-2-4-8-17)26-24(31)28-13-11-27(12-14-28)22(29)20-16-18-9-5-6-10-19(18)25-20/h2-10,16,21,25H,11-15H2,1H3,(H,26,31)/t21-/m0/s1. The number of aromatic nitrogens is 1. The van der Waals surface area contributed by atoms with Crippen LogP contribution in [-0.2, 0) is 16.0 Å². The Balaban J connectivity index is 1.34. The van der Waals surface area contributed by atoms with E-state index in [0.717, 1.165) is 16.5 Å². The molecule has 0 bridgehead atoms. The van der Waals surface area contributed by atoms with Gasteiger partial charge in [-0.2, -0.15) is 0 Å². The minimum Gasteiger partial charge on any atom is -0.467 e. The lowest BCUT2D eigenvalue weighted by atomic mass is 10.1. The van der Waals surface area contributed by atoms with Gasteiger partial charge in [0.25, 0.3) is 5.91 Å². The number of nitrogens with zero attached hydrogens (tertiary/aromatic N) is 2. The summed E-state index contributed by atoms with van der Waals surface area (Å²) in [5, 5.41) is 3.77. The molecule has 8 heteroatoms. The van der Waals surface area contributed by atoms with Gasteiger partial charge in [-0.15, -0.1) is 0 Å². The van der Waals surface area contributed by atoms with Gasteiger partial charge in [-0.1, -0.05) is 48.5 Å². The lowest BCUT2D eigenvalue weighted by molar-refractivity contribution is -0.142. The van der Waals surface area contributed by atoms with Crippen LogP contribution in [-0.4, -0.2) is 72.0 Å². The molecule has 0 unspecified atom stereocenters. The summed E-state index contributed by atoms with van der Waals surface area (Å²) in [5.41, 5.74) is 2.39. The zero-order valence-corrected chi connectivity index (χ0v) is 17.9. The van der Waals surface area contributed by atoms with Gasteiger partial charge >= 0.3 is 12.0 Å². The Hall–Kier alpha value is -3.81. The highest BCUT2D eigenvalue weighted by atomic mass is 16.5. The Labute approximate surface area is 186 Å². The third-order valence-electron chi connectivity index (χ3n) is 5.68. The molecule has 2 aromatic carbocycles. The molecule has 2 heterocycles. The van der Waals surface area contributed by atoms with Crippen molar-refractivity contribution in [2.24, 2.45) is 0 Å². The summed E-state index contributed by atoms with van der Waals surface area (Å²) in [6.07, 6.45) is 0.345. The average molecular weight is 434 g/mol. The summed E-state index contributed by atoms with van der Waals surface area (Å²) in [5.74, 6) is -0.576. The fourth-order valence-corrected chi connectivity index (χ4v) is 3.90. The van der Waals surface area contributed by atoms with Crippen LogP contribution in [0.25, 0.3) is 10.9 Å². The van der Waals surface area contributed by atoms with Gasteiger partial charge < -0.3 is 24.8 Å². The van der Waals surface area contributed by atoms with E-state index in [1.807, 2.05) is 60.7 Å². The number of hydrogen-bond acceptors (Lipinski definition) is 4. The molecule has 0 radical (unpaired) electrons. The number of urea groups is 1. The second kappa shape index (κ2) is 9.55. The molecular formula is C24H26N4O4. The van der Waals surface area contributed by atoms with Crippen LogP contribution in [0.15, 0.2) is 60.7 Å². The number of ether oxygens (including phenoxy) is 1. The number of amides is 3. The summed E-state index contributed by atoms with van der Waals surface area (Å²) in [7, 11) is 1.31. The number of nitrogens with one attached hydrogen (secondary N) is 2. The van der Waals surface area contributed by atoms with Crippen LogP contribution < -0.4 is 5.32 Å². The zero-order chi connectivity index (χ0) is 22.5. The van der Waals surface area contributed by atoms with E-state index in [9.17, 15) is 14.4 Å². The van der Waals surface area contributed by atoms with Crippen LogP contribution in [0, 0.1) is 0 Å². The number of hydrogen-bond donors (Lipinski definition) is 2. The Morgan fingerprint density at radius 3 is 2.31 bits per heavy atom. The number of H-pyrrole nitrogens is 1. The van der Waals surface area contributed by atoms with Crippen molar-refractivity contribution in [2.75, 3.05) is 33.3 Å². The maximum atomic E-state index is 12.9. The first-order chi connectivity index (χ1) is 15.5. The average Bonchev–Trinajstić information content (AvgIpc) is 3.27. The molecule has 0 saturated carbocycles. The number of esters is 1. The first-order valence-electron chi connectivity index (χ1n) is 10.6. The molecule has 1 aliphatic heterocycles. The van der Waals surface area contributed by atoms with Gasteiger partial charge in [-0.25, -0.2) is 9.59 Å². The summed E-state index contributed by atoms with van der Waals surface area (Å²) in [6.45, 7) is 1.61. The van der Waals surface area contributed by atoms with Crippen molar-refractivity contribution < 1.29 is 19.1 Å². The molecule has 1 fully saturated rings. The highest BCUT2D eigenvalue weighted by molar-refractivity contribution is 5.98. The van der Waals surface area contributed by atoms with Crippen molar-refractivity contribution >= 4 is 28.8 Å². The number of fused-ring (bicyclic) bond motifs is 1. The van der Waals surface area contributed by atoms with Crippen LogP contribution in [0.1, 0.15) is 16.1 Å². The van der Waals surface area contributed by atoms with E-state index in [2.05, 4.69) is 10.3 Å². The number of aromatic amines is 1. The molecule has 0 aliphatic carbocycles. The Kier molecular flexibility index (Phi) is 6.39. The first kappa shape index (κ1) is 21.4. The van der Waals surface area contributed by atoms with Gasteiger partial charge in [0, 0.05) is 43.5 Å². The van der Waals surface area contributed by atoms with Crippen LogP contribution in [0.5, 0.6) is 0 Å². The van der Waals surface area contributed by atoms with E-state index in [1.54, 1.807) is 9.80 Å². The molecule has 4 rings (SSSR count). The van der Waals surface area contributed by atoms with E-state index >= 15 is 0 Å². The lowest BCUT2D eigenvalue weighted by Gasteiger charge is -2.35. The van der Waals surface area contributed by atoms with Crippen molar-refractivity contribution in [3.8, 4) is 0 Å². The summed E-state index contributed by atoms with van der Waals surface area (Å²) < 4.78 is 4.87. The maximum Gasteiger partial charge on any atom is 0.328 e. The SMILES string of the molecule is COC(=O)[C@H](Cc1ccccc1)NC(=O)N1CCN(C(=O)c2cc3ccccc3[nH]2)CC1. The van der Waals surface area contributed by atoms with E-state index in [4.69, 9.17) is 4.74 Å². The molecule has 3 amide bonds. The van der Waals surface area contributed by atoms with Crippen molar-refractivity contribution in [3.63, 3.8) is 0 Å². The molecule has 1 saturated heterocycles. The smallest absolute Gasteiger partial charge is 0.328 e. The molecule has 32 heavy (non-hydrogen) atoms. The van der Waals surface area contributed by atoms with Crippen molar-refractivity contribution in [2.45, 2.75) is 12.5 Å². The number of benzene rings is 2. The van der Waals surface area contributed by atoms with Gasteiger partial charge in [0.1, 0.15) is 11.7 Å². The second-order valence-electron chi connectivity index (χ2n) is 7.76. The van der Waals surface area contributed by atoms with Gasteiger partial charge in [-0.05, 0) is 17.7 Å². The molecule has 0 spiro atoms. The fourth-order valence-electron chi connectivity index (χ4n) is 3.90. The number of rotatable bonds is 5. The topological polar surface area (TPSA) is 94.7 Å². The number of piperazine rings is 1. The van der Waals surface area contributed by atoms with Crippen LogP contribution >= 0.6 is 0 Å². The van der Waals surface area contributed by atoms with Gasteiger partial charge in [0.05, 0.1) is 7.11 Å². The van der Waals surface area contributed by atoms with Crippen molar-refractivity contribution in [1.29, 1.82) is 0 Å². The lowest BCUT2D eigenvalue weighted by Crippen LogP contribution is -2.56. The molecular weight excluding hydrogens is 408 g/mol. The minimum absolute atomic E-state index is 0.0854. The predicted octanol–water partition coefficient (Wildman–Crippen LogP) is 2.42. The number of carbonyl (C=O) groups is 3. The van der Waals surface area contributed by atoms with E-state index < -0.39 is 12.0 Å². The molecule has 2 N–H and O–H groups in total. The highest BCUT2D eigenvalue weighted by Gasteiger charge is 2.29. The number of para-hydroxylation sites is 1. The summed E-state index contributed by atoms with van der Waals surface area (Å²) in [4.78, 5) is 44.4. The second-order valence-corrected chi connectivity index (χ2v) is 7.76. The Bertz CT molecular complexity index is 1070. The normalized spacial score (nSPS) is 14.8. The molecule has 166 valence electrons. The summed E-state index contributed by atoms with van der Waals surface area (Å²) in [6, 6.07) is 17.9. The number of carbonyl (C=O) groups excluding carboxylic acids is 3. The number of methoxy groups -OCH3 is 1. The predicted molar refractivity (Wildman–Crippen MR) is 120 cm³/mol. The third kappa shape index (κ3) is 4.74. The van der Waals surface area contributed by atoms with E-state index in [1.165, 1.54) is 7.11 Å². The Morgan fingerprint density at radius 1 is 0.969 bits per heavy atom. The third-order valence-corrected chi connectivity index (χ3v) is 5.68. The van der Waals surface area contributed by atoms with Crippen LogP contribution in [0.4, 0.5) is 4.79 Å². The summed E-state index contributed by atoms with van der Waals surface area (Å²) >= 11 is 0. The fraction of sp³-hybridized carbons (Fsp3) is 0.292. The molecule has 1 atom stereocenters. The molecule has 8 nitrogen and oxygen atoms in total. The molecule has 1 aliphatic rings. The van der Waals surface area contributed by atoms with E-state index in [0.29, 0.717) is 38.3 Å². The quantitative estimate of drug-likeness (QED) is 0.603. The molecule has 1 aromatic heterocycles. The molecule has 3 aromatic rings. The minimum atomic E-state index is -0.777. The monoisotopic (exact) mass is 434 g/mol. The largest absolute Gasteiger partial charge is 0.467 e. The van der Waals surface area contributed by atoms with Crippen molar-refractivity contribution in [1.82, 2.24) is 20.1 Å². The maximum absolute atomic E-state index is 12.9. The first-order valence-corrected chi connectivity index (χ1v) is 10.6. The van der Waals surface area contributed by atoms with Gasteiger partial charge in [0.15, 0.2) is 0 Å². The Morgan fingerprint density at radius 2 is 1.62 bits per heavy atom.